The van der Waals surface area contributed by atoms with Gasteiger partial charge in [0.1, 0.15) is 5.82 Å². The van der Waals surface area contributed by atoms with Crippen LogP contribution in [0.15, 0.2) is 42.0 Å². The summed E-state index contributed by atoms with van der Waals surface area (Å²) in [4.78, 5) is 15.7. The van der Waals surface area contributed by atoms with Crippen molar-refractivity contribution >= 4 is 35.3 Å². The molecule has 37 heavy (non-hydrogen) atoms. The molecule has 198 valence electrons. The van der Waals surface area contributed by atoms with Gasteiger partial charge in [-0.05, 0) is 98.1 Å². The van der Waals surface area contributed by atoms with E-state index in [1.165, 1.54) is 18.6 Å². The number of fused-ring (bicyclic) bond motifs is 1. The molecular weight excluding hydrogens is 507 g/mol. The average Bonchev–Trinajstić information content (AvgIpc) is 3.64. The zero-order valence-corrected chi connectivity index (χ0v) is 23.2. The lowest BCUT2D eigenvalue weighted by Gasteiger charge is -2.42. The van der Waals surface area contributed by atoms with Gasteiger partial charge in [0, 0.05) is 36.9 Å². The van der Waals surface area contributed by atoms with Crippen molar-refractivity contribution in [2.45, 2.75) is 51.5 Å². The number of benzene rings is 1. The van der Waals surface area contributed by atoms with Gasteiger partial charge >= 0.3 is 6.03 Å². The number of carbonyl (C=O) groups is 1. The van der Waals surface area contributed by atoms with E-state index < -0.39 is 5.82 Å². The number of hydrogen-bond acceptors (Lipinski definition) is 4. The van der Waals surface area contributed by atoms with Crippen LogP contribution in [0.2, 0.25) is 5.02 Å². The first-order valence-corrected chi connectivity index (χ1v) is 15.0. The molecule has 0 bridgehead atoms. The van der Waals surface area contributed by atoms with E-state index in [9.17, 15) is 14.4 Å². The van der Waals surface area contributed by atoms with E-state index in [4.69, 9.17) is 11.6 Å². The first kappa shape index (κ1) is 26.6. The fourth-order valence-electron chi connectivity index (χ4n) is 7.02. The van der Waals surface area contributed by atoms with E-state index in [1.807, 2.05) is 6.08 Å². The second-order valence-corrected chi connectivity index (χ2v) is 12.6. The topological polar surface area (TPSA) is 59.4 Å². The van der Waals surface area contributed by atoms with E-state index in [0.29, 0.717) is 29.4 Å². The molecule has 2 saturated carbocycles. The Kier molecular flexibility index (Phi) is 7.91. The molecule has 5 atom stereocenters. The van der Waals surface area contributed by atoms with Gasteiger partial charge in [0.05, 0.1) is 11.1 Å². The maximum Gasteiger partial charge on any atom is 0.322 e. The van der Waals surface area contributed by atoms with Crippen molar-refractivity contribution in [3.63, 3.8) is 0 Å². The highest BCUT2D eigenvalue weighted by atomic mass is 35.5. The summed E-state index contributed by atoms with van der Waals surface area (Å²) in [6.07, 6.45) is 14.9. The number of anilines is 1. The number of urea groups is 1. The molecule has 8 heteroatoms. The highest BCUT2D eigenvalue weighted by molar-refractivity contribution is 7.96. The highest BCUT2D eigenvalue weighted by Gasteiger charge is 2.61. The number of carbonyl (C=O) groups excluding carboxylic acids is 1. The van der Waals surface area contributed by atoms with Gasteiger partial charge in [-0.1, -0.05) is 42.6 Å². The summed E-state index contributed by atoms with van der Waals surface area (Å²) in [5.41, 5.74) is 1.56. The molecule has 3 unspecified atom stereocenters. The van der Waals surface area contributed by atoms with Gasteiger partial charge < -0.3 is 10.2 Å². The zero-order valence-electron chi connectivity index (χ0n) is 21.6. The Hall–Kier alpha value is -2.01. The van der Waals surface area contributed by atoms with E-state index in [2.05, 4.69) is 45.9 Å². The fraction of sp³-hybridized carbons (Fsp3) is 0.586. The third-order valence-electron chi connectivity index (χ3n) is 9.24. The molecule has 1 N–H and O–H groups in total. The average molecular weight is 543 g/mol. The molecule has 5 rings (SSSR count). The Balaban J connectivity index is 1.30. The number of amides is 2. The minimum atomic E-state index is -0.491. The predicted molar refractivity (Wildman–Crippen MR) is 149 cm³/mol. The van der Waals surface area contributed by atoms with Gasteiger partial charge in [0.15, 0.2) is 0 Å². The molecule has 1 aliphatic heterocycles. The molecule has 0 spiro atoms. The van der Waals surface area contributed by atoms with Crippen molar-refractivity contribution in [1.82, 2.24) is 9.21 Å². The summed E-state index contributed by atoms with van der Waals surface area (Å²) in [5, 5.41) is 12.5. The van der Waals surface area contributed by atoms with Crippen LogP contribution in [0.3, 0.4) is 0 Å². The lowest BCUT2D eigenvalue weighted by Crippen LogP contribution is -2.48. The summed E-state index contributed by atoms with van der Waals surface area (Å²) in [7, 11) is 0. The number of nitrogens with one attached hydrogen (secondary N) is 1. The van der Waals surface area contributed by atoms with Crippen molar-refractivity contribution in [3.05, 3.63) is 52.8 Å². The van der Waals surface area contributed by atoms with Crippen molar-refractivity contribution in [1.29, 1.82) is 5.26 Å². The Morgan fingerprint density at radius 3 is 2.81 bits per heavy atom. The SMILES string of the molecule is CSN1CCC(CN(C(=O)Nc2ccc(F)c(Cl)c2)[C@@H]2CC[C@@]3(C4C=C(C#N)C=CC4C)CC3C2)CC1. The molecule has 3 fully saturated rings. The molecule has 5 nitrogen and oxygen atoms in total. The lowest BCUT2D eigenvalue weighted by atomic mass is 9.69. The Bertz CT molecular complexity index is 1130. The number of hydrogen-bond donors (Lipinski definition) is 1. The van der Waals surface area contributed by atoms with Crippen LogP contribution in [0, 0.1) is 46.2 Å². The van der Waals surface area contributed by atoms with Crippen molar-refractivity contribution in [3.8, 4) is 6.07 Å². The van der Waals surface area contributed by atoms with Crippen molar-refractivity contribution in [2.75, 3.05) is 31.2 Å². The largest absolute Gasteiger partial charge is 0.322 e. The van der Waals surface area contributed by atoms with Crippen LogP contribution < -0.4 is 5.32 Å². The molecule has 3 aliphatic carbocycles. The van der Waals surface area contributed by atoms with Crippen LogP contribution in [-0.4, -0.2) is 47.2 Å². The van der Waals surface area contributed by atoms with Crippen LogP contribution in [0.25, 0.3) is 0 Å². The second-order valence-electron chi connectivity index (χ2n) is 11.3. The number of rotatable bonds is 6. The number of halogens is 2. The summed E-state index contributed by atoms with van der Waals surface area (Å²) < 4.78 is 16.1. The first-order valence-electron chi connectivity index (χ1n) is 13.4. The van der Waals surface area contributed by atoms with E-state index in [-0.39, 0.29) is 22.5 Å². The van der Waals surface area contributed by atoms with E-state index in [0.717, 1.165) is 57.3 Å². The fourth-order valence-corrected chi connectivity index (χ4v) is 7.78. The van der Waals surface area contributed by atoms with Gasteiger partial charge in [-0.15, -0.1) is 0 Å². The number of piperidine rings is 1. The molecular formula is C29H36ClFN4OS. The molecule has 2 amide bonds. The van der Waals surface area contributed by atoms with Crippen LogP contribution >= 0.6 is 23.5 Å². The van der Waals surface area contributed by atoms with Gasteiger partial charge in [-0.25, -0.2) is 9.18 Å². The third-order valence-corrected chi connectivity index (χ3v) is 10.4. The predicted octanol–water partition coefficient (Wildman–Crippen LogP) is 7.13. The zero-order chi connectivity index (χ0) is 26.2. The van der Waals surface area contributed by atoms with Gasteiger partial charge in [-0.3, -0.25) is 4.31 Å². The Morgan fingerprint density at radius 1 is 1.35 bits per heavy atom. The monoisotopic (exact) mass is 542 g/mol. The molecule has 0 aromatic heterocycles. The minimum Gasteiger partial charge on any atom is -0.321 e. The first-order chi connectivity index (χ1) is 17.8. The van der Waals surface area contributed by atoms with E-state index in [1.54, 1.807) is 18.0 Å². The molecule has 1 heterocycles. The summed E-state index contributed by atoms with van der Waals surface area (Å²) in [6, 6.07) is 6.74. The minimum absolute atomic E-state index is 0.00895. The lowest BCUT2D eigenvalue weighted by molar-refractivity contribution is 0.111. The summed E-state index contributed by atoms with van der Waals surface area (Å²) >= 11 is 7.77. The van der Waals surface area contributed by atoms with Crippen LogP contribution in [0.1, 0.15) is 45.4 Å². The molecule has 0 radical (unpaired) electrons. The van der Waals surface area contributed by atoms with Crippen LogP contribution in [-0.2, 0) is 0 Å². The second kappa shape index (κ2) is 11.0. The highest BCUT2D eigenvalue weighted by Crippen LogP contribution is 2.68. The molecule has 1 aromatic rings. The summed E-state index contributed by atoms with van der Waals surface area (Å²) in [5.74, 6) is 1.40. The van der Waals surface area contributed by atoms with Gasteiger partial charge in [0.25, 0.3) is 0 Å². The number of allylic oxidation sites excluding steroid dienone is 4. The van der Waals surface area contributed by atoms with E-state index >= 15 is 0 Å². The molecule has 1 aromatic carbocycles. The Labute approximate surface area is 229 Å². The molecule has 1 saturated heterocycles. The maximum absolute atomic E-state index is 13.7. The number of nitriles is 1. The smallest absolute Gasteiger partial charge is 0.321 e. The third kappa shape index (κ3) is 5.57. The maximum atomic E-state index is 13.7. The Morgan fingerprint density at radius 2 is 2.14 bits per heavy atom. The quantitative estimate of drug-likeness (QED) is 0.388. The molecule has 4 aliphatic rings. The van der Waals surface area contributed by atoms with Crippen molar-refractivity contribution in [2.24, 2.45) is 29.1 Å². The van der Waals surface area contributed by atoms with Crippen LogP contribution in [0.5, 0.6) is 0 Å². The van der Waals surface area contributed by atoms with Crippen LogP contribution in [0.4, 0.5) is 14.9 Å². The van der Waals surface area contributed by atoms with Gasteiger partial charge in [0.2, 0.25) is 0 Å². The summed E-state index contributed by atoms with van der Waals surface area (Å²) in [6.45, 7) is 5.10. The van der Waals surface area contributed by atoms with Crippen molar-refractivity contribution < 1.29 is 9.18 Å². The standard InChI is InChI=1S/C29H36ClFN4OS/c1-19-3-4-21(17-32)13-25(19)29-10-7-24(14-22(29)16-29)35(18-20-8-11-34(37-2)12-9-20)28(36)33-23-5-6-27(31)26(30)15-23/h3-6,13,15,19-20,22,24-25H,7-12,14,16,18H2,1-2H3,(H,33,36)/t19?,22?,24-,25?,29-/m1/s1. The van der Waals surface area contributed by atoms with Gasteiger partial charge in [-0.2, -0.15) is 5.26 Å². The number of nitrogens with zero attached hydrogens (tertiary/aromatic N) is 3. The normalized spacial score (nSPS) is 31.7.